The summed E-state index contributed by atoms with van der Waals surface area (Å²) in [7, 11) is 0. The molecule has 0 N–H and O–H groups in total. The molecule has 430 valence electrons. The van der Waals surface area contributed by atoms with Gasteiger partial charge >= 0.3 is 0 Å². The van der Waals surface area contributed by atoms with Gasteiger partial charge in [0.1, 0.15) is 0 Å². The van der Waals surface area contributed by atoms with Gasteiger partial charge in [0.15, 0.2) is 0 Å². The van der Waals surface area contributed by atoms with Crippen LogP contribution in [-0.2, 0) is 9.47 Å². The van der Waals surface area contributed by atoms with E-state index in [4.69, 9.17) is 9.47 Å². The van der Waals surface area contributed by atoms with Crippen molar-refractivity contribution in [2.24, 2.45) is 5.41 Å². The second kappa shape index (κ2) is 20.1. The molecule has 4 heterocycles. The summed E-state index contributed by atoms with van der Waals surface area (Å²) < 4.78 is 11.8. The van der Waals surface area contributed by atoms with Crippen LogP contribution in [0.4, 0.5) is 0 Å². The number of carbonyl (C=O) groups excluding carboxylic acids is 8. The first-order chi connectivity index (χ1) is 40.7. The van der Waals surface area contributed by atoms with Crippen molar-refractivity contribution in [3.63, 3.8) is 0 Å². The molecule has 4 aliphatic heterocycles. The number of benzene rings is 10. The van der Waals surface area contributed by atoms with Crippen LogP contribution in [0.15, 0.2) is 97.1 Å². The maximum Gasteiger partial charge on any atom is 0.261 e. The number of fused-ring (bicyclic) bond motifs is 4. The molecule has 85 heavy (non-hydrogen) atoms. The fourth-order valence-corrected chi connectivity index (χ4v) is 13.9. The Balaban J connectivity index is 0.00000333. The molecule has 10 aromatic rings. The van der Waals surface area contributed by atoms with E-state index in [1.165, 1.54) is 19.6 Å². The highest BCUT2D eigenvalue weighted by Crippen LogP contribution is 2.50. The van der Waals surface area contributed by atoms with Crippen molar-refractivity contribution in [3.8, 4) is 0 Å². The normalized spacial score (nSPS) is 15.6. The van der Waals surface area contributed by atoms with E-state index in [0.29, 0.717) is 78.9 Å². The highest BCUT2D eigenvalue weighted by molar-refractivity contribution is 14.1. The zero-order valence-electron chi connectivity index (χ0n) is 49.1. The summed E-state index contributed by atoms with van der Waals surface area (Å²) in [5.74, 6) is -3.04. The molecular weight excluding hydrogens is 1180 g/mol. The average Bonchev–Trinajstić information content (AvgIpc) is 0.908. The second-order valence-corrected chi connectivity index (χ2v) is 24.9. The lowest BCUT2D eigenvalue weighted by Crippen LogP contribution is -2.53. The van der Waals surface area contributed by atoms with E-state index in [1.54, 1.807) is 36.4 Å². The quantitative estimate of drug-likeness (QED) is 0.0227. The molecule has 0 aromatic heterocycles. The van der Waals surface area contributed by atoms with Crippen LogP contribution in [-0.4, -0.2) is 122 Å². The molecule has 0 saturated carbocycles. The zero-order chi connectivity index (χ0) is 60.1. The zero-order valence-corrected chi connectivity index (χ0v) is 51.2. The number of hydrogen-bond donors (Lipinski definition) is 0. The van der Waals surface area contributed by atoms with Crippen LogP contribution < -0.4 is 0 Å². The van der Waals surface area contributed by atoms with Gasteiger partial charge in [0, 0.05) is 77.1 Å². The van der Waals surface area contributed by atoms with E-state index in [0.717, 1.165) is 77.5 Å². The lowest BCUT2D eigenvalue weighted by molar-refractivity contribution is 0.0264. The van der Waals surface area contributed by atoms with E-state index in [-0.39, 0.29) is 68.6 Å². The molecule has 0 aliphatic carbocycles. The van der Waals surface area contributed by atoms with Crippen molar-refractivity contribution in [2.45, 2.75) is 92.2 Å². The van der Waals surface area contributed by atoms with Crippen molar-refractivity contribution in [2.75, 3.05) is 44.4 Å². The minimum Gasteiger partial charge on any atom is -0.377 e. The number of rotatable bonds is 16. The molecule has 0 radical (unpaired) electrons. The molecule has 0 atom stereocenters. The van der Waals surface area contributed by atoms with E-state index >= 15 is 0 Å². The Morgan fingerprint density at radius 2 is 0.565 bits per heavy atom. The Kier molecular flexibility index (Phi) is 13.3. The van der Waals surface area contributed by atoms with Gasteiger partial charge in [0.05, 0.1) is 39.5 Å². The Morgan fingerprint density at radius 1 is 0.318 bits per heavy atom. The molecule has 0 bridgehead atoms. The Morgan fingerprint density at radius 3 is 0.812 bits per heavy atom. The van der Waals surface area contributed by atoms with Crippen molar-refractivity contribution in [1.29, 1.82) is 0 Å². The first-order valence-corrected chi connectivity index (χ1v) is 31.3. The standard InChI is InChI=1S/C69H60N4O10.CH3I/c1-9-67(3,4)27-28-69(7,8)73-65(80)49-25-17-41-37-13-21-45-56-46(22-14-38(52(37)56)42-18-26-50(66(73)81)58(49)54(41)42)62(77)71(61(45)76)30-32-83-34-33-82-31-29-70-59(74)43-19-11-35-39-15-23-47-57-48(64(79)72(63(47)78)68(5,6)10-2)24-16-40(53(39)57)36-12-20-44(60(70)75)55(43)51(35)36;1-2/h11-26H,9-10,27-34H2,1-8H3;1H3. The van der Waals surface area contributed by atoms with E-state index < -0.39 is 34.7 Å². The van der Waals surface area contributed by atoms with Crippen molar-refractivity contribution in [3.05, 3.63) is 142 Å². The van der Waals surface area contributed by atoms with Crippen LogP contribution in [0, 0.1) is 5.41 Å². The SMILES string of the molecule is CCC(C)(C)CCC(C)(C)N1C(=O)c2ccc3c4ccc5c6c(ccc(c7ccc(c2c37)C1=O)c64)C(=O)N(CCOCCOCCN1C(=O)c2ccc3c4ccc6c7c(ccc(c8ccc(c2c38)C1=O)c74)C(=O)N(C(C)(C)CC)C6=O)C5=O.CI. The molecule has 0 spiro atoms. The van der Waals surface area contributed by atoms with Gasteiger partial charge in [0.25, 0.3) is 47.3 Å². The number of ether oxygens (including phenoxy) is 2. The van der Waals surface area contributed by atoms with Gasteiger partial charge in [-0.25, -0.2) is 0 Å². The maximum atomic E-state index is 14.4. The summed E-state index contributed by atoms with van der Waals surface area (Å²) >= 11 is 2.15. The fourth-order valence-electron chi connectivity index (χ4n) is 13.9. The van der Waals surface area contributed by atoms with Gasteiger partial charge < -0.3 is 9.47 Å². The molecular formula is C70H63IN4O10. The minimum absolute atomic E-state index is 0.00760. The molecule has 0 unspecified atom stereocenters. The molecule has 4 aliphatic rings. The third-order valence-corrected chi connectivity index (χ3v) is 19.2. The number of halogens is 1. The second-order valence-electron chi connectivity index (χ2n) is 24.9. The van der Waals surface area contributed by atoms with Crippen molar-refractivity contribution < 1.29 is 47.8 Å². The van der Waals surface area contributed by atoms with Gasteiger partial charge in [0.2, 0.25) is 0 Å². The van der Waals surface area contributed by atoms with Crippen LogP contribution in [0.1, 0.15) is 164 Å². The summed E-state index contributed by atoms with van der Waals surface area (Å²) in [6.45, 7) is 16.6. The van der Waals surface area contributed by atoms with Crippen LogP contribution in [0.5, 0.6) is 0 Å². The summed E-state index contributed by atoms with van der Waals surface area (Å²) in [5, 5.41) is 12.1. The van der Waals surface area contributed by atoms with Crippen molar-refractivity contribution in [1.82, 2.24) is 19.6 Å². The summed E-state index contributed by atoms with van der Waals surface area (Å²) in [6, 6.07) is 29.4. The number of nitrogens with zero attached hydrogens (tertiary/aromatic N) is 4. The molecule has 15 heteroatoms. The van der Waals surface area contributed by atoms with E-state index in [2.05, 4.69) is 43.4 Å². The Hall–Kier alpha value is -7.99. The fraction of sp³-hybridized carbons (Fsp3) is 0.314. The van der Waals surface area contributed by atoms with Gasteiger partial charge in [-0.2, -0.15) is 0 Å². The van der Waals surface area contributed by atoms with Crippen LogP contribution in [0.25, 0.3) is 86.2 Å². The Bertz CT molecular complexity index is 4430. The van der Waals surface area contributed by atoms with E-state index in [1.807, 2.05) is 100 Å². The van der Waals surface area contributed by atoms with Crippen molar-refractivity contribution >= 4 is 156 Å². The summed E-state index contributed by atoms with van der Waals surface area (Å²) in [5.41, 5.74) is 2.13. The van der Waals surface area contributed by atoms with Crippen LogP contribution in [0.3, 0.4) is 0 Å². The molecule has 14 nitrogen and oxygen atoms in total. The maximum absolute atomic E-state index is 14.4. The highest BCUT2D eigenvalue weighted by atomic mass is 127. The predicted octanol–water partition coefficient (Wildman–Crippen LogP) is 14.1. The first-order valence-electron chi connectivity index (χ1n) is 29.1. The number of imide groups is 4. The molecule has 10 aromatic carbocycles. The summed E-state index contributed by atoms with van der Waals surface area (Å²) in [4.78, 5) is 121. The van der Waals surface area contributed by atoms with Gasteiger partial charge in [-0.3, -0.25) is 58.0 Å². The average molecular weight is 1250 g/mol. The molecule has 8 amide bonds. The third-order valence-electron chi connectivity index (χ3n) is 19.2. The van der Waals surface area contributed by atoms with E-state index in [9.17, 15) is 38.4 Å². The topological polar surface area (TPSA) is 168 Å². The summed E-state index contributed by atoms with van der Waals surface area (Å²) in [6.07, 6.45) is 3.11. The number of amides is 8. The number of carbonyl (C=O) groups is 8. The van der Waals surface area contributed by atoms with Crippen LogP contribution in [0.2, 0.25) is 0 Å². The minimum atomic E-state index is -0.717. The monoisotopic (exact) mass is 1250 g/mol. The Labute approximate surface area is 504 Å². The highest BCUT2D eigenvalue weighted by Gasteiger charge is 2.45. The largest absolute Gasteiger partial charge is 0.377 e. The molecule has 0 saturated heterocycles. The van der Waals surface area contributed by atoms with Crippen LogP contribution >= 0.6 is 22.6 Å². The number of hydrogen-bond acceptors (Lipinski definition) is 10. The lowest BCUT2D eigenvalue weighted by Gasteiger charge is -2.41. The van der Waals surface area contributed by atoms with Gasteiger partial charge in [-0.1, -0.05) is 105 Å². The predicted molar refractivity (Wildman–Crippen MR) is 340 cm³/mol. The lowest BCUT2D eigenvalue weighted by atomic mass is 9.79. The first kappa shape index (κ1) is 56.2. The smallest absolute Gasteiger partial charge is 0.261 e. The third kappa shape index (κ3) is 8.01. The molecule has 14 rings (SSSR count). The van der Waals surface area contributed by atoms with Gasteiger partial charge in [-0.05, 0) is 170 Å². The molecule has 0 fully saturated rings. The number of alkyl halides is 1. The van der Waals surface area contributed by atoms with Gasteiger partial charge in [-0.15, -0.1) is 0 Å².